The fourth-order valence-electron chi connectivity index (χ4n) is 2.31. The number of nitrogens with two attached hydrogens (primary N) is 1. The van der Waals surface area contributed by atoms with E-state index in [1.54, 1.807) is 0 Å². The Morgan fingerprint density at radius 3 is 2.21 bits per heavy atom. The molecule has 104 valence electrons. The van der Waals surface area contributed by atoms with Crippen molar-refractivity contribution in [3.63, 3.8) is 0 Å². The van der Waals surface area contributed by atoms with E-state index in [1.165, 1.54) is 5.56 Å². The Balaban J connectivity index is 2.34. The maximum atomic E-state index is 6.11. The van der Waals surface area contributed by atoms with E-state index in [0.717, 1.165) is 24.0 Å². The third kappa shape index (κ3) is 2.65. The molecule has 0 saturated carbocycles. The van der Waals surface area contributed by atoms with Gasteiger partial charge in [-0.2, -0.15) is 0 Å². The molecule has 0 atom stereocenters. The Kier molecular flexibility index (Phi) is 3.67. The van der Waals surface area contributed by atoms with E-state index in [1.807, 2.05) is 18.2 Å². The molecule has 2 rings (SSSR count). The molecule has 19 heavy (non-hydrogen) atoms. The summed E-state index contributed by atoms with van der Waals surface area (Å²) in [5.41, 5.74) is 8.40. The second kappa shape index (κ2) is 4.84. The average molecular weight is 261 g/mol. The minimum Gasteiger partial charge on any atom is -0.399 e. The van der Waals surface area contributed by atoms with Crippen molar-refractivity contribution in [2.75, 3.05) is 5.73 Å². The van der Waals surface area contributed by atoms with Crippen LogP contribution in [0.2, 0.25) is 0 Å². The Bertz CT molecular complexity index is 455. The maximum Gasteiger partial charge on any atom is 0.495 e. The van der Waals surface area contributed by atoms with Gasteiger partial charge in [0.05, 0.1) is 11.2 Å². The summed E-state index contributed by atoms with van der Waals surface area (Å²) < 4.78 is 12.2. The van der Waals surface area contributed by atoms with Crippen molar-refractivity contribution < 1.29 is 9.31 Å². The van der Waals surface area contributed by atoms with Crippen molar-refractivity contribution in [1.82, 2.24) is 0 Å². The van der Waals surface area contributed by atoms with Crippen molar-refractivity contribution in [2.45, 2.75) is 58.7 Å². The van der Waals surface area contributed by atoms with Crippen LogP contribution in [0.15, 0.2) is 18.2 Å². The lowest BCUT2D eigenvalue weighted by Gasteiger charge is -2.32. The summed E-state index contributed by atoms with van der Waals surface area (Å²) in [5, 5.41) is 0. The molecule has 1 aliphatic rings. The van der Waals surface area contributed by atoms with Gasteiger partial charge in [0, 0.05) is 5.69 Å². The zero-order valence-electron chi connectivity index (χ0n) is 12.6. The summed E-state index contributed by atoms with van der Waals surface area (Å²) >= 11 is 0. The van der Waals surface area contributed by atoms with Crippen LogP contribution in [0.5, 0.6) is 0 Å². The summed E-state index contributed by atoms with van der Waals surface area (Å²) in [7, 11) is -0.299. The van der Waals surface area contributed by atoms with Gasteiger partial charge in [0.2, 0.25) is 0 Å². The maximum absolute atomic E-state index is 6.11. The monoisotopic (exact) mass is 261 g/mol. The van der Waals surface area contributed by atoms with Gasteiger partial charge in [-0.1, -0.05) is 19.4 Å². The zero-order valence-corrected chi connectivity index (χ0v) is 12.6. The summed E-state index contributed by atoms with van der Waals surface area (Å²) in [5.74, 6) is 0. The van der Waals surface area contributed by atoms with Crippen LogP contribution in [-0.4, -0.2) is 18.3 Å². The molecule has 0 bridgehead atoms. The van der Waals surface area contributed by atoms with Crippen LogP contribution >= 0.6 is 0 Å². The Hall–Kier alpha value is -0.995. The lowest BCUT2D eigenvalue weighted by Crippen LogP contribution is -2.41. The van der Waals surface area contributed by atoms with Crippen molar-refractivity contribution in [2.24, 2.45) is 0 Å². The summed E-state index contributed by atoms with van der Waals surface area (Å²) in [4.78, 5) is 0. The van der Waals surface area contributed by atoms with E-state index in [4.69, 9.17) is 15.0 Å². The molecule has 0 aliphatic carbocycles. The number of rotatable bonds is 3. The Labute approximate surface area is 116 Å². The van der Waals surface area contributed by atoms with E-state index in [9.17, 15) is 0 Å². The molecule has 1 heterocycles. The molecular weight excluding hydrogens is 237 g/mol. The molecule has 0 amide bonds. The Morgan fingerprint density at radius 1 is 1.11 bits per heavy atom. The minimum atomic E-state index is -0.303. The van der Waals surface area contributed by atoms with Gasteiger partial charge in [0.1, 0.15) is 0 Å². The summed E-state index contributed by atoms with van der Waals surface area (Å²) in [6.45, 7) is 10.5. The topological polar surface area (TPSA) is 44.5 Å². The van der Waals surface area contributed by atoms with Gasteiger partial charge < -0.3 is 15.0 Å². The zero-order chi connectivity index (χ0) is 14.3. The molecule has 0 spiro atoms. The molecule has 1 saturated heterocycles. The van der Waals surface area contributed by atoms with Gasteiger partial charge in [-0.25, -0.2) is 0 Å². The largest absolute Gasteiger partial charge is 0.495 e. The third-order valence-corrected chi connectivity index (χ3v) is 4.19. The summed E-state index contributed by atoms with van der Waals surface area (Å²) in [6.07, 6.45) is 2.07. The first-order chi connectivity index (χ1) is 8.77. The molecule has 0 aromatic heterocycles. The average Bonchev–Trinajstić information content (AvgIpc) is 2.48. The van der Waals surface area contributed by atoms with Gasteiger partial charge >= 0.3 is 7.12 Å². The molecule has 1 aromatic rings. The molecule has 1 aliphatic heterocycles. The van der Waals surface area contributed by atoms with Crippen molar-refractivity contribution in [1.29, 1.82) is 0 Å². The second-order valence-corrected chi connectivity index (χ2v) is 6.30. The highest BCUT2D eigenvalue weighted by molar-refractivity contribution is 6.62. The molecule has 0 radical (unpaired) electrons. The van der Waals surface area contributed by atoms with Crippen molar-refractivity contribution in [3.8, 4) is 0 Å². The van der Waals surface area contributed by atoms with Crippen molar-refractivity contribution >= 4 is 18.3 Å². The first-order valence-corrected chi connectivity index (χ1v) is 7.01. The van der Waals surface area contributed by atoms with Crippen molar-refractivity contribution in [3.05, 3.63) is 23.8 Å². The highest BCUT2D eigenvalue weighted by Gasteiger charge is 2.52. The van der Waals surface area contributed by atoms with Crippen LogP contribution in [0.1, 0.15) is 46.6 Å². The highest BCUT2D eigenvalue weighted by atomic mass is 16.7. The number of anilines is 1. The Morgan fingerprint density at radius 2 is 1.68 bits per heavy atom. The van der Waals surface area contributed by atoms with Crippen LogP contribution in [0, 0.1) is 0 Å². The van der Waals surface area contributed by atoms with Crippen LogP contribution in [0.25, 0.3) is 0 Å². The molecule has 3 nitrogen and oxygen atoms in total. The lowest BCUT2D eigenvalue weighted by atomic mass is 9.75. The third-order valence-electron chi connectivity index (χ3n) is 4.19. The van der Waals surface area contributed by atoms with E-state index < -0.39 is 0 Å². The number of nitrogen functional groups attached to an aromatic ring is 1. The molecule has 1 fully saturated rings. The molecule has 0 unspecified atom stereocenters. The number of hydrogen-bond acceptors (Lipinski definition) is 3. The smallest absolute Gasteiger partial charge is 0.399 e. The fraction of sp³-hybridized carbons (Fsp3) is 0.600. The number of hydrogen-bond donors (Lipinski definition) is 1. The first kappa shape index (κ1) is 14.4. The second-order valence-electron chi connectivity index (χ2n) is 6.30. The first-order valence-electron chi connectivity index (χ1n) is 7.01. The van der Waals surface area contributed by atoms with E-state index in [0.29, 0.717) is 0 Å². The normalized spacial score (nSPS) is 20.8. The van der Waals surface area contributed by atoms with Gasteiger partial charge in [-0.15, -0.1) is 0 Å². The van der Waals surface area contributed by atoms with Crippen LogP contribution < -0.4 is 11.2 Å². The number of benzene rings is 1. The quantitative estimate of drug-likeness (QED) is 0.671. The van der Waals surface area contributed by atoms with E-state index in [2.05, 4.69) is 34.6 Å². The van der Waals surface area contributed by atoms with Crippen LogP contribution in [0.3, 0.4) is 0 Å². The number of aryl methyl sites for hydroxylation is 1. The van der Waals surface area contributed by atoms with Gasteiger partial charge in [-0.05, 0) is 57.3 Å². The SMILES string of the molecule is CCCc1cc(N)ccc1B1OC(C)(C)C(C)(C)O1. The highest BCUT2D eigenvalue weighted by Crippen LogP contribution is 2.36. The van der Waals surface area contributed by atoms with Crippen LogP contribution in [0.4, 0.5) is 5.69 Å². The predicted molar refractivity (Wildman–Crippen MR) is 80.6 cm³/mol. The van der Waals surface area contributed by atoms with E-state index in [-0.39, 0.29) is 18.3 Å². The van der Waals surface area contributed by atoms with Gasteiger partial charge in [0.15, 0.2) is 0 Å². The molecular formula is C15H24BNO2. The van der Waals surface area contributed by atoms with E-state index >= 15 is 0 Å². The predicted octanol–water partition coefficient (Wildman–Crippen LogP) is 2.52. The molecule has 2 N–H and O–H groups in total. The van der Waals surface area contributed by atoms with Gasteiger partial charge in [0.25, 0.3) is 0 Å². The summed E-state index contributed by atoms with van der Waals surface area (Å²) in [6, 6.07) is 5.98. The molecule has 1 aromatic carbocycles. The van der Waals surface area contributed by atoms with Crippen LogP contribution in [-0.2, 0) is 15.7 Å². The fourth-order valence-corrected chi connectivity index (χ4v) is 2.31. The minimum absolute atomic E-state index is 0.299. The lowest BCUT2D eigenvalue weighted by molar-refractivity contribution is 0.00578. The standard InChI is InChI=1S/C15H24BNO2/c1-6-7-11-10-12(17)8-9-13(11)16-18-14(2,3)15(4,5)19-16/h8-10H,6-7,17H2,1-5H3. The molecule has 4 heteroatoms. The van der Waals surface area contributed by atoms with Gasteiger partial charge in [-0.3, -0.25) is 0 Å².